The van der Waals surface area contributed by atoms with Crippen LogP contribution in [0.4, 0.5) is 0 Å². The Morgan fingerprint density at radius 1 is 0.625 bits per heavy atom. The van der Waals surface area contributed by atoms with Crippen LogP contribution in [0.1, 0.15) is 19.3 Å². The van der Waals surface area contributed by atoms with Crippen molar-refractivity contribution in [3.63, 3.8) is 0 Å². The van der Waals surface area contributed by atoms with Crippen molar-refractivity contribution < 1.29 is 28.9 Å². The number of hydrogen-bond acceptors (Lipinski definition) is 6. The molecular formula is C9H21O6P. The third-order valence-electron chi connectivity index (χ3n) is 1.50. The summed E-state index contributed by atoms with van der Waals surface area (Å²) in [6.07, 6.45) is 1.60. The van der Waals surface area contributed by atoms with E-state index in [0.29, 0.717) is 39.1 Å². The van der Waals surface area contributed by atoms with Gasteiger partial charge in [-0.3, -0.25) is 0 Å². The Hall–Kier alpha value is 0.190. The SMILES string of the molecule is OCCCOP(OCCCO)OCCCO. The summed E-state index contributed by atoms with van der Waals surface area (Å²) in [7, 11) is -1.43. The Balaban J connectivity index is 3.58. The van der Waals surface area contributed by atoms with Gasteiger partial charge in [-0.05, 0) is 19.3 Å². The molecule has 0 aliphatic rings. The fourth-order valence-corrected chi connectivity index (χ4v) is 1.78. The molecule has 6 nitrogen and oxygen atoms in total. The molecule has 0 saturated carbocycles. The lowest BCUT2D eigenvalue weighted by atomic mass is 10.5. The van der Waals surface area contributed by atoms with Crippen LogP contribution >= 0.6 is 8.60 Å². The molecule has 0 amide bonds. The van der Waals surface area contributed by atoms with Crippen molar-refractivity contribution in [3.8, 4) is 0 Å². The molecule has 0 rings (SSSR count). The van der Waals surface area contributed by atoms with Crippen molar-refractivity contribution in [1.29, 1.82) is 0 Å². The third kappa shape index (κ3) is 10.7. The first kappa shape index (κ1) is 16.2. The van der Waals surface area contributed by atoms with Gasteiger partial charge in [-0.2, -0.15) is 0 Å². The molecule has 16 heavy (non-hydrogen) atoms. The molecule has 0 saturated heterocycles. The molecule has 7 heteroatoms. The zero-order valence-corrected chi connectivity index (χ0v) is 10.3. The summed E-state index contributed by atoms with van der Waals surface area (Å²) in [6, 6.07) is 0. The van der Waals surface area contributed by atoms with Gasteiger partial charge in [0.25, 0.3) is 0 Å². The van der Waals surface area contributed by atoms with E-state index in [9.17, 15) is 0 Å². The van der Waals surface area contributed by atoms with Crippen molar-refractivity contribution >= 4 is 8.60 Å². The number of aliphatic hydroxyl groups is 3. The second kappa shape index (κ2) is 13.3. The molecule has 98 valence electrons. The minimum absolute atomic E-state index is 0.0659. The van der Waals surface area contributed by atoms with Gasteiger partial charge in [-0.1, -0.05) is 0 Å². The van der Waals surface area contributed by atoms with Crippen LogP contribution in [-0.4, -0.2) is 55.0 Å². The van der Waals surface area contributed by atoms with Crippen LogP contribution in [0.25, 0.3) is 0 Å². The van der Waals surface area contributed by atoms with Crippen LogP contribution < -0.4 is 0 Å². The highest BCUT2D eigenvalue weighted by Gasteiger charge is 2.11. The molecule has 0 radical (unpaired) electrons. The van der Waals surface area contributed by atoms with E-state index in [4.69, 9.17) is 28.9 Å². The summed E-state index contributed by atoms with van der Waals surface area (Å²) in [5, 5.41) is 25.8. The summed E-state index contributed by atoms with van der Waals surface area (Å²) in [5.74, 6) is 0. The predicted octanol–water partition coefficient (Wildman–Crippen LogP) is 0.410. The van der Waals surface area contributed by atoms with Gasteiger partial charge < -0.3 is 28.9 Å². The molecule has 0 fully saturated rings. The van der Waals surface area contributed by atoms with E-state index in [1.54, 1.807) is 0 Å². The molecule has 0 aromatic rings. The summed E-state index contributed by atoms with van der Waals surface area (Å²) in [6.45, 7) is 1.32. The first-order valence-corrected chi connectivity index (χ1v) is 6.46. The van der Waals surface area contributed by atoms with Gasteiger partial charge in [0.05, 0.1) is 19.8 Å². The predicted molar refractivity (Wildman–Crippen MR) is 59.9 cm³/mol. The van der Waals surface area contributed by atoms with Crippen LogP contribution in [0.3, 0.4) is 0 Å². The van der Waals surface area contributed by atoms with Crippen LogP contribution in [0.15, 0.2) is 0 Å². The van der Waals surface area contributed by atoms with E-state index in [0.717, 1.165) is 0 Å². The van der Waals surface area contributed by atoms with Crippen LogP contribution in [0.2, 0.25) is 0 Å². The van der Waals surface area contributed by atoms with Crippen LogP contribution in [0, 0.1) is 0 Å². The molecule has 3 N–H and O–H groups in total. The van der Waals surface area contributed by atoms with Crippen molar-refractivity contribution in [2.24, 2.45) is 0 Å². The zero-order valence-electron chi connectivity index (χ0n) is 9.38. The first-order valence-electron chi connectivity index (χ1n) is 5.36. The Morgan fingerprint density at radius 2 is 0.938 bits per heavy atom. The van der Waals surface area contributed by atoms with Gasteiger partial charge in [0.15, 0.2) is 0 Å². The Morgan fingerprint density at radius 3 is 1.19 bits per heavy atom. The van der Waals surface area contributed by atoms with Crippen molar-refractivity contribution in [3.05, 3.63) is 0 Å². The molecule has 0 aliphatic carbocycles. The zero-order chi connectivity index (χ0) is 12.1. The van der Waals surface area contributed by atoms with Crippen molar-refractivity contribution in [1.82, 2.24) is 0 Å². The van der Waals surface area contributed by atoms with Gasteiger partial charge in [-0.25, -0.2) is 0 Å². The molecule has 0 atom stereocenters. The molecule has 0 bridgehead atoms. The standard InChI is InChI=1S/C9H21O6P/c10-4-1-7-13-16(14-8-2-5-11)15-9-3-6-12/h10-12H,1-9H2. The summed E-state index contributed by atoms with van der Waals surface area (Å²) < 4.78 is 15.8. The van der Waals surface area contributed by atoms with E-state index in [2.05, 4.69) is 0 Å². The minimum Gasteiger partial charge on any atom is -0.396 e. The Kier molecular flexibility index (Phi) is 13.4. The molecule has 0 aromatic carbocycles. The van der Waals surface area contributed by atoms with E-state index in [1.807, 2.05) is 0 Å². The fraction of sp³-hybridized carbons (Fsp3) is 1.00. The molecule has 0 aliphatic heterocycles. The highest BCUT2D eigenvalue weighted by Crippen LogP contribution is 2.39. The van der Waals surface area contributed by atoms with E-state index < -0.39 is 8.60 Å². The summed E-state index contributed by atoms with van der Waals surface area (Å²) in [5.41, 5.74) is 0. The molecular weight excluding hydrogens is 235 g/mol. The Labute approximate surface area is 97.1 Å². The fourth-order valence-electron chi connectivity index (χ4n) is 0.723. The van der Waals surface area contributed by atoms with E-state index >= 15 is 0 Å². The van der Waals surface area contributed by atoms with Crippen LogP contribution in [-0.2, 0) is 13.6 Å². The van der Waals surface area contributed by atoms with E-state index in [-0.39, 0.29) is 19.8 Å². The molecule has 0 spiro atoms. The highest BCUT2D eigenvalue weighted by molar-refractivity contribution is 7.41. The molecule has 0 unspecified atom stereocenters. The maximum absolute atomic E-state index is 8.59. The van der Waals surface area contributed by atoms with Crippen molar-refractivity contribution in [2.45, 2.75) is 19.3 Å². The third-order valence-corrected chi connectivity index (χ3v) is 2.68. The average Bonchev–Trinajstić information content (AvgIpc) is 2.29. The van der Waals surface area contributed by atoms with Gasteiger partial charge in [-0.15, -0.1) is 0 Å². The van der Waals surface area contributed by atoms with Crippen molar-refractivity contribution in [2.75, 3.05) is 39.6 Å². The lowest BCUT2D eigenvalue weighted by molar-refractivity contribution is 0.135. The lowest BCUT2D eigenvalue weighted by Gasteiger charge is -2.16. The number of aliphatic hydroxyl groups excluding tert-OH is 3. The largest absolute Gasteiger partial charge is 0.396 e. The summed E-state index contributed by atoms with van der Waals surface area (Å²) >= 11 is 0. The number of hydrogen-bond donors (Lipinski definition) is 3. The minimum atomic E-state index is -1.43. The lowest BCUT2D eigenvalue weighted by Crippen LogP contribution is -2.02. The van der Waals surface area contributed by atoms with Gasteiger partial charge in [0.1, 0.15) is 0 Å². The second-order valence-electron chi connectivity index (χ2n) is 2.95. The average molecular weight is 256 g/mol. The Bertz CT molecular complexity index is 113. The molecule has 0 heterocycles. The van der Waals surface area contributed by atoms with Gasteiger partial charge in [0, 0.05) is 19.8 Å². The van der Waals surface area contributed by atoms with E-state index in [1.165, 1.54) is 0 Å². The van der Waals surface area contributed by atoms with Crippen LogP contribution in [0.5, 0.6) is 0 Å². The molecule has 0 aromatic heterocycles. The first-order chi connectivity index (χ1) is 7.85. The number of rotatable bonds is 12. The highest BCUT2D eigenvalue weighted by atomic mass is 31.2. The smallest absolute Gasteiger partial charge is 0.332 e. The summed E-state index contributed by atoms with van der Waals surface area (Å²) in [4.78, 5) is 0. The van der Waals surface area contributed by atoms with Gasteiger partial charge in [0.2, 0.25) is 0 Å². The normalized spacial score (nSPS) is 11.2. The quantitative estimate of drug-likeness (QED) is 0.346. The monoisotopic (exact) mass is 256 g/mol. The van der Waals surface area contributed by atoms with Gasteiger partial charge >= 0.3 is 8.60 Å². The maximum atomic E-state index is 8.59. The maximum Gasteiger partial charge on any atom is 0.332 e. The topological polar surface area (TPSA) is 88.4 Å². The second-order valence-corrected chi connectivity index (χ2v) is 4.18.